The molecule has 1 saturated heterocycles. The largest absolute Gasteiger partial charge is 0.546 e. The highest BCUT2D eigenvalue weighted by atomic mass is 31.1. The molecule has 1 fully saturated rings. The van der Waals surface area contributed by atoms with Crippen molar-refractivity contribution < 1.29 is 19.0 Å². The van der Waals surface area contributed by atoms with E-state index in [2.05, 4.69) is 5.32 Å². The normalized spacial score (nSPS) is 17.2. The molecule has 2 atom stereocenters. The molecule has 0 aliphatic carbocycles. The van der Waals surface area contributed by atoms with Gasteiger partial charge in [-0.15, -0.1) is 0 Å². The van der Waals surface area contributed by atoms with Crippen molar-refractivity contribution in [3.8, 4) is 0 Å². The molecule has 0 radical (unpaired) electrons. The van der Waals surface area contributed by atoms with Gasteiger partial charge in [0.2, 0.25) is 11.2 Å². The smallest absolute Gasteiger partial charge is 0.342 e. The van der Waals surface area contributed by atoms with Gasteiger partial charge in [0.1, 0.15) is 6.04 Å². The maximum atomic E-state index is 12.2. The Morgan fingerprint density at radius 3 is 2.42 bits per heavy atom. The minimum absolute atomic E-state index is 0.183. The molecule has 2 unspecified atom stereocenters. The first kappa shape index (κ1) is 16.3. The molecule has 2 aromatic carbocycles. The first-order chi connectivity index (χ1) is 11.5. The summed E-state index contributed by atoms with van der Waals surface area (Å²) in [6, 6.07) is 15.1. The van der Waals surface area contributed by atoms with Crippen molar-refractivity contribution in [2.75, 3.05) is 11.4 Å². The molecule has 2 N–H and O–H groups in total. The Hall–Kier alpha value is -2.56. The Bertz CT molecular complexity index is 777. The van der Waals surface area contributed by atoms with Crippen LogP contribution in [0.4, 0.5) is 5.69 Å². The number of hydrogen-bond donors (Lipinski definition) is 2. The van der Waals surface area contributed by atoms with Crippen LogP contribution in [0.5, 0.6) is 0 Å². The Morgan fingerprint density at radius 2 is 1.83 bits per heavy atom. The van der Waals surface area contributed by atoms with Crippen molar-refractivity contribution in [1.82, 2.24) is 5.32 Å². The lowest BCUT2D eigenvalue weighted by molar-refractivity contribution is -0.130. The highest BCUT2D eigenvalue weighted by molar-refractivity contribution is 7.47. The molecule has 0 aromatic heterocycles. The third kappa shape index (κ3) is 3.50. The first-order valence-electron chi connectivity index (χ1n) is 7.45. The van der Waals surface area contributed by atoms with E-state index in [-0.39, 0.29) is 18.2 Å². The van der Waals surface area contributed by atoms with Gasteiger partial charge in [0.15, 0.2) is 0 Å². The Balaban J connectivity index is 1.55. The van der Waals surface area contributed by atoms with E-state index in [1.165, 1.54) is 17.0 Å². The van der Waals surface area contributed by atoms with E-state index in [0.29, 0.717) is 17.5 Å². The number of rotatable bonds is 5. The molecule has 2 aromatic rings. The van der Waals surface area contributed by atoms with Crippen LogP contribution in [0.3, 0.4) is 0 Å². The molecule has 122 valence electrons. The van der Waals surface area contributed by atoms with E-state index in [9.17, 15) is 14.2 Å². The average molecular weight is 343 g/mol. The number of carbonyl (C=O) groups excluding carboxylic acids is 2. The van der Waals surface area contributed by atoms with E-state index in [0.717, 1.165) is 5.56 Å². The maximum Gasteiger partial charge on any atom is 0.546 e. The number of anilines is 1. The topological polar surface area (TPSA) is 86.7 Å². The molecule has 7 heteroatoms. The zero-order valence-electron chi connectivity index (χ0n) is 12.8. The van der Waals surface area contributed by atoms with Crippen LogP contribution in [0.2, 0.25) is 0 Å². The fourth-order valence-corrected chi connectivity index (χ4v) is 2.96. The van der Waals surface area contributed by atoms with Gasteiger partial charge >= 0.3 is 8.03 Å². The third-order valence-electron chi connectivity index (χ3n) is 3.85. The van der Waals surface area contributed by atoms with Crippen molar-refractivity contribution in [3.05, 3.63) is 60.2 Å². The second-order valence-corrected chi connectivity index (χ2v) is 6.58. The summed E-state index contributed by atoms with van der Waals surface area (Å²) in [6.07, 6.45) is 0.239. The zero-order chi connectivity index (χ0) is 17.1. The van der Waals surface area contributed by atoms with Gasteiger partial charge in [-0.1, -0.05) is 30.3 Å². The van der Waals surface area contributed by atoms with Crippen molar-refractivity contribution in [2.24, 2.45) is 0 Å². The maximum absolute atomic E-state index is 12.2. The number of benzene rings is 2. The van der Waals surface area contributed by atoms with Crippen molar-refractivity contribution in [2.45, 2.75) is 12.5 Å². The fourth-order valence-electron chi connectivity index (χ4n) is 2.55. The minimum Gasteiger partial charge on any atom is -0.342 e. The number of amides is 2. The molecule has 2 amide bonds. The minimum atomic E-state index is -2.38. The van der Waals surface area contributed by atoms with E-state index in [1.54, 1.807) is 12.1 Å². The second-order valence-electron chi connectivity index (χ2n) is 5.52. The van der Waals surface area contributed by atoms with Gasteiger partial charge in [0.25, 0.3) is 5.91 Å². The van der Waals surface area contributed by atoms with Crippen LogP contribution in [-0.4, -0.2) is 29.3 Å². The molecule has 0 spiro atoms. The summed E-state index contributed by atoms with van der Waals surface area (Å²) in [6.45, 7) is 0.393. The lowest BCUT2D eigenvalue weighted by Gasteiger charge is -2.38. The van der Waals surface area contributed by atoms with Gasteiger partial charge in [0.05, 0.1) is 13.0 Å². The predicted molar refractivity (Wildman–Crippen MR) is 90.3 cm³/mol. The van der Waals surface area contributed by atoms with Gasteiger partial charge in [-0.25, -0.2) is 0 Å². The Kier molecular flexibility index (Phi) is 4.69. The number of hydrogen-bond acceptors (Lipinski definition) is 3. The van der Waals surface area contributed by atoms with Crippen LogP contribution >= 0.6 is 8.03 Å². The van der Waals surface area contributed by atoms with Gasteiger partial charge < -0.3 is 10.2 Å². The lowest BCUT2D eigenvalue weighted by Crippen LogP contribution is -2.64. The summed E-state index contributed by atoms with van der Waals surface area (Å²) in [5, 5.41) is 3.04. The van der Waals surface area contributed by atoms with Crippen LogP contribution in [0.1, 0.15) is 5.56 Å². The lowest BCUT2D eigenvalue weighted by atomic mass is 10.1. The summed E-state index contributed by atoms with van der Waals surface area (Å²) >= 11 is 0. The molecular formula is C17H16N2O4P+. The predicted octanol–water partition coefficient (Wildman–Crippen LogP) is 1.12. The second kappa shape index (κ2) is 6.91. The highest BCUT2D eigenvalue weighted by Gasteiger charge is 2.38. The number of nitrogens with one attached hydrogen (secondary N) is 1. The molecule has 0 saturated carbocycles. The first-order valence-corrected chi connectivity index (χ1v) is 8.66. The van der Waals surface area contributed by atoms with Gasteiger partial charge in [-0.2, -0.15) is 4.89 Å². The van der Waals surface area contributed by atoms with Gasteiger partial charge in [-0.3, -0.25) is 9.59 Å². The van der Waals surface area contributed by atoms with Gasteiger partial charge in [-0.05, 0) is 34.4 Å². The van der Waals surface area contributed by atoms with E-state index in [1.807, 2.05) is 30.3 Å². The molecule has 1 heterocycles. The van der Waals surface area contributed by atoms with Crippen molar-refractivity contribution in [3.63, 3.8) is 0 Å². The van der Waals surface area contributed by atoms with Crippen LogP contribution < -0.4 is 15.5 Å². The fraction of sp³-hybridized carbons (Fsp3) is 0.176. The van der Waals surface area contributed by atoms with Gasteiger partial charge in [0, 0.05) is 5.69 Å². The Morgan fingerprint density at radius 1 is 1.17 bits per heavy atom. The molecule has 0 bridgehead atoms. The molecule has 24 heavy (non-hydrogen) atoms. The molecule has 1 aliphatic heterocycles. The number of β-lactam (4-membered cyclic amide) rings is 1. The average Bonchev–Trinajstić information content (AvgIpc) is 2.59. The summed E-state index contributed by atoms with van der Waals surface area (Å²) in [5.74, 6) is -0.371. The van der Waals surface area contributed by atoms with Crippen LogP contribution in [0.25, 0.3) is 0 Å². The Labute approximate surface area is 140 Å². The van der Waals surface area contributed by atoms with E-state index < -0.39 is 14.1 Å². The third-order valence-corrected chi connectivity index (χ3v) is 4.59. The monoisotopic (exact) mass is 343 g/mol. The van der Waals surface area contributed by atoms with Crippen LogP contribution in [0, 0.1) is 0 Å². The summed E-state index contributed by atoms with van der Waals surface area (Å²) < 4.78 is 11.0. The van der Waals surface area contributed by atoms with E-state index >= 15 is 0 Å². The summed E-state index contributed by atoms with van der Waals surface area (Å²) in [4.78, 5) is 34.7. The van der Waals surface area contributed by atoms with Crippen molar-refractivity contribution in [1.29, 1.82) is 0 Å². The standard InChI is InChI=1S/C17H15N2O4P/c20-16(10-12-4-2-1-3-5-12)18-15-11-19(17(15)21)13-6-8-14(9-7-13)24(22)23/h1-9,15H,10-11H2,(H-,18,20,22,23)/p+1. The summed E-state index contributed by atoms with van der Waals surface area (Å²) in [7, 11) is -2.38. The molecule has 6 nitrogen and oxygen atoms in total. The quantitative estimate of drug-likeness (QED) is 0.629. The highest BCUT2D eigenvalue weighted by Crippen LogP contribution is 2.23. The number of nitrogens with zero attached hydrogens (tertiary/aromatic N) is 1. The van der Waals surface area contributed by atoms with Crippen LogP contribution in [0.15, 0.2) is 54.6 Å². The summed E-state index contributed by atoms with van der Waals surface area (Å²) in [5.41, 5.74) is 1.54. The van der Waals surface area contributed by atoms with Crippen LogP contribution in [-0.2, 0) is 20.6 Å². The number of carbonyl (C=O) groups is 2. The zero-order valence-corrected chi connectivity index (χ0v) is 13.6. The SMILES string of the molecule is O=C(Cc1ccccc1)NC1CN(c2ccc([P+](=O)O)cc2)C1=O. The van der Waals surface area contributed by atoms with E-state index in [4.69, 9.17) is 4.89 Å². The molecule has 1 aliphatic rings. The van der Waals surface area contributed by atoms with Crippen molar-refractivity contribution >= 4 is 30.8 Å². The molecular weight excluding hydrogens is 327 g/mol. The molecule has 3 rings (SSSR count).